The maximum Gasteiger partial charge on any atom is 0.472 e. The van der Waals surface area contributed by atoms with Gasteiger partial charge in [-0.2, -0.15) is 0 Å². The van der Waals surface area contributed by atoms with Crippen LogP contribution in [-0.4, -0.2) is 95.9 Å². The van der Waals surface area contributed by atoms with Crippen molar-refractivity contribution in [1.29, 1.82) is 0 Å². The average molecular weight is 1470 g/mol. The molecule has 0 aliphatic rings. The van der Waals surface area contributed by atoms with Crippen LogP contribution >= 0.6 is 15.6 Å². The van der Waals surface area contributed by atoms with E-state index in [4.69, 9.17) is 32.3 Å². The molecule has 0 saturated heterocycles. The van der Waals surface area contributed by atoms with E-state index in [1.807, 2.05) is 12.2 Å². The van der Waals surface area contributed by atoms with Crippen LogP contribution in [0.5, 0.6) is 0 Å². The van der Waals surface area contributed by atoms with Crippen molar-refractivity contribution in [2.45, 2.75) is 270 Å². The van der Waals surface area contributed by atoms with Gasteiger partial charge >= 0.3 is 33.6 Å². The summed E-state index contributed by atoms with van der Waals surface area (Å²) in [6, 6.07) is 0. The molecule has 580 valence electrons. The smallest absolute Gasteiger partial charge is 0.463 e. The van der Waals surface area contributed by atoms with E-state index in [0.29, 0.717) is 25.7 Å². The molecule has 5 unspecified atom stereocenters. The normalized spacial score (nSPS) is 15.1. The standard InChI is InChI=1S/C85H134O16P2/c1-4-7-10-13-16-19-22-25-28-31-33-35-36-37-38-39-40-41-42-44-46-48-50-53-56-59-62-65-68-71-83(88)95-74-80(86)75-97-102(91,92)98-76-81(87)77-99-103(93,94)100-79-82(101-85(90)73-70-67-64-61-58-55-52-47-30-27-24-21-18-15-12-9-6-3)78-96-84(89)72-69-66-63-60-57-54-51-49-45-43-34-32-29-26-23-20-17-14-11-8-5-2/h7-12,16-21,25-30,33-35,37-38,40-41,43,49,51-52,55,57,60-61,64,80-82,86-87H,4-6,13-15,22-24,31-32,36,39,42,44-48,50,53-54,56,58-59,62-63,65-79H2,1-3H3,(H,91,92)(H,93,94)/b10-7-,11-8-,12-9-,19-16-,20-17-,21-18-,28-25-,29-26-,30-27-,35-33-,38-37-,41-40-,43-34-,51-49-,55-52-,60-57-,64-61-. The van der Waals surface area contributed by atoms with Gasteiger partial charge in [-0.15, -0.1) is 0 Å². The summed E-state index contributed by atoms with van der Waals surface area (Å²) >= 11 is 0. The third kappa shape index (κ3) is 77.1. The summed E-state index contributed by atoms with van der Waals surface area (Å²) in [6.45, 7) is 2.17. The minimum absolute atomic E-state index is 0.00744. The number of allylic oxidation sites excluding steroid dienone is 34. The van der Waals surface area contributed by atoms with Crippen molar-refractivity contribution in [1.82, 2.24) is 0 Å². The molecule has 0 aromatic carbocycles. The monoisotopic (exact) mass is 1470 g/mol. The summed E-state index contributed by atoms with van der Waals surface area (Å²) in [7, 11) is -9.84. The third-order valence-electron chi connectivity index (χ3n) is 15.0. The molecule has 0 saturated carbocycles. The highest BCUT2D eigenvalue weighted by Crippen LogP contribution is 2.45. The number of aliphatic hydroxyl groups is 2. The molecule has 0 radical (unpaired) electrons. The first-order chi connectivity index (χ1) is 50.2. The number of phosphoric ester groups is 2. The molecule has 18 heteroatoms. The number of aliphatic hydroxyl groups excluding tert-OH is 2. The highest BCUT2D eigenvalue weighted by Gasteiger charge is 2.29. The van der Waals surface area contributed by atoms with Crippen molar-refractivity contribution < 1.29 is 75.8 Å². The molecule has 0 aliphatic carbocycles. The highest BCUT2D eigenvalue weighted by atomic mass is 31.2. The van der Waals surface area contributed by atoms with Crippen molar-refractivity contribution in [2.24, 2.45) is 0 Å². The van der Waals surface area contributed by atoms with Crippen LogP contribution < -0.4 is 0 Å². The molecule has 0 rings (SSSR count). The van der Waals surface area contributed by atoms with Gasteiger partial charge in [0.15, 0.2) is 6.10 Å². The lowest BCUT2D eigenvalue weighted by molar-refractivity contribution is -0.161. The van der Waals surface area contributed by atoms with Crippen LogP contribution in [0.2, 0.25) is 0 Å². The Morgan fingerprint density at radius 2 is 0.495 bits per heavy atom. The third-order valence-corrected chi connectivity index (χ3v) is 16.9. The average Bonchev–Trinajstić information content (AvgIpc) is 0.914. The van der Waals surface area contributed by atoms with E-state index in [-0.39, 0.29) is 19.3 Å². The van der Waals surface area contributed by atoms with Crippen LogP contribution in [0.4, 0.5) is 0 Å². The number of carbonyl (C=O) groups excluding carboxylic acids is 3. The summed E-state index contributed by atoms with van der Waals surface area (Å²) < 4.78 is 61.0. The number of carbonyl (C=O) groups is 3. The van der Waals surface area contributed by atoms with Gasteiger partial charge < -0.3 is 34.2 Å². The van der Waals surface area contributed by atoms with Crippen LogP contribution in [0.1, 0.15) is 252 Å². The Kier molecular flexibility index (Phi) is 71.5. The fraction of sp³-hybridized carbons (Fsp3) is 0.565. The molecule has 16 nitrogen and oxygen atoms in total. The summed E-state index contributed by atoms with van der Waals surface area (Å²) in [6.07, 6.45) is 100. The minimum atomic E-state index is -4.97. The van der Waals surface area contributed by atoms with Gasteiger partial charge in [0, 0.05) is 19.3 Å². The number of ether oxygens (including phenoxy) is 3. The molecule has 0 bridgehead atoms. The van der Waals surface area contributed by atoms with E-state index in [0.717, 1.165) is 154 Å². The van der Waals surface area contributed by atoms with Crippen LogP contribution in [0.25, 0.3) is 0 Å². The second-order valence-corrected chi connectivity index (χ2v) is 27.6. The van der Waals surface area contributed by atoms with Gasteiger partial charge in [0.2, 0.25) is 0 Å². The zero-order valence-electron chi connectivity index (χ0n) is 63.1. The van der Waals surface area contributed by atoms with E-state index < -0.39 is 91.5 Å². The molecule has 0 fully saturated rings. The molecule has 0 aromatic heterocycles. The van der Waals surface area contributed by atoms with Crippen LogP contribution in [-0.2, 0) is 55.8 Å². The Hall–Kier alpha value is -5.87. The second kappa shape index (κ2) is 75.8. The van der Waals surface area contributed by atoms with Crippen molar-refractivity contribution in [3.8, 4) is 0 Å². The van der Waals surface area contributed by atoms with E-state index >= 15 is 0 Å². The number of unbranched alkanes of at least 4 members (excludes halogenated alkanes) is 13. The number of phosphoric acid groups is 2. The first kappa shape index (κ1) is 97.1. The Balaban J connectivity index is 4.68. The summed E-state index contributed by atoms with van der Waals surface area (Å²) in [4.78, 5) is 58.6. The molecule has 0 aliphatic heterocycles. The lowest BCUT2D eigenvalue weighted by Crippen LogP contribution is -2.30. The molecule has 103 heavy (non-hydrogen) atoms. The van der Waals surface area contributed by atoms with E-state index in [1.54, 1.807) is 0 Å². The van der Waals surface area contributed by atoms with Crippen molar-refractivity contribution in [2.75, 3.05) is 39.6 Å². The maximum atomic E-state index is 12.9. The quantitative estimate of drug-likeness (QED) is 0.0146. The molecule has 5 atom stereocenters. The SMILES string of the molecule is CC/C=C\C/C=C\C/C=C\C/C=C\C/C=C\C/C=C\CCCCCCCCCCCCC(=O)OCC(O)COP(=O)(O)OCC(O)COP(=O)(O)OCC(COC(=O)CCCC/C=C\C/C=C\C/C=C\C/C=C\C/C=C\C/C=C\CC)OC(=O)CCC/C=C\C/C=C\C/C=C\C/C=C\C/C=C\CC. The zero-order chi connectivity index (χ0) is 75.2. The predicted octanol–water partition coefficient (Wildman–Crippen LogP) is 22.5. The number of hydrogen-bond donors (Lipinski definition) is 4. The topological polar surface area (TPSA) is 231 Å². The summed E-state index contributed by atoms with van der Waals surface area (Å²) in [5.41, 5.74) is 0. The van der Waals surface area contributed by atoms with E-state index in [9.17, 15) is 43.5 Å². The van der Waals surface area contributed by atoms with Gasteiger partial charge in [-0.1, -0.05) is 279 Å². The lowest BCUT2D eigenvalue weighted by Gasteiger charge is -2.21. The van der Waals surface area contributed by atoms with Crippen molar-refractivity contribution in [3.63, 3.8) is 0 Å². The Bertz CT molecular complexity index is 2700. The van der Waals surface area contributed by atoms with E-state index in [2.05, 4.69) is 215 Å². The van der Waals surface area contributed by atoms with E-state index in [1.165, 1.54) is 32.1 Å². The maximum absolute atomic E-state index is 12.9. The van der Waals surface area contributed by atoms with Crippen molar-refractivity contribution >= 4 is 33.6 Å². The highest BCUT2D eigenvalue weighted by molar-refractivity contribution is 7.47. The Morgan fingerprint density at radius 1 is 0.272 bits per heavy atom. The number of esters is 3. The first-order valence-corrected chi connectivity index (χ1v) is 41.4. The molecule has 0 heterocycles. The van der Waals surface area contributed by atoms with Gasteiger partial charge in [-0.05, 0) is 161 Å². The van der Waals surface area contributed by atoms with Gasteiger partial charge in [-0.3, -0.25) is 32.5 Å². The molecule has 4 N–H and O–H groups in total. The number of rotatable bonds is 70. The van der Waals surface area contributed by atoms with Gasteiger partial charge in [-0.25, -0.2) is 9.13 Å². The zero-order valence-corrected chi connectivity index (χ0v) is 64.9. The van der Waals surface area contributed by atoms with Crippen LogP contribution in [0.15, 0.2) is 207 Å². The van der Waals surface area contributed by atoms with Gasteiger partial charge in [0.05, 0.1) is 26.4 Å². The number of hydrogen-bond acceptors (Lipinski definition) is 14. The predicted molar refractivity (Wildman–Crippen MR) is 426 cm³/mol. The van der Waals surface area contributed by atoms with Crippen LogP contribution in [0.3, 0.4) is 0 Å². The van der Waals surface area contributed by atoms with Gasteiger partial charge in [0.1, 0.15) is 25.4 Å². The summed E-state index contributed by atoms with van der Waals surface area (Å²) in [5, 5.41) is 20.6. The molecule has 0 aromatic rings. The Labute approximate surface area is 622 Å². The molecular formula is C85H134O16P2. The van der Waals surface area contributed by atoms with Crippen LogP contribution in [0, 0.1) is 0 Å². The van der Waals surface area contributed by atoms with Crippen molar-refractivity contribution in [3.05, 3.63) is 207 Å². The first-order valence-electron chi connectivity index (χ1n) is 38.4. The fourth-order valence-corrected chi connectivity index (χ4v) is 10.8. The minimum Gasteiger partial charge on any atom is -0.463 e. The largest absolute Gasteiger partial charge is 0.472 e. The summed E-state index contributed by atoms with van der Waals surface area (Å²) in [5.74, 6) is -1.72. The second-order valence-electron chi connectivity index (χ2n) is 24.7. The fourth-order valence-electron chi connectivity index (χ4n) is 9.26. The van der Waals surface area contributed by atoms with Gasteiger partial charge in [0.25, 0.3) is 0 Å². The molecule has 0 spiro atoms. The molecule has 0 amide bonds. The molecular weight excluding hydrogens is 1340 g/mol. The Morgan fingerprint density at radius 3 is 0.816 bits per heavy atom. The lowest BCUT2D eigenvalue weighted by atomic mass is 10.1.